The summed E-state index contributed by atoms with van der Waals surface area (Å²) in [5, 5.41) is 9.84. The lowest BCUT2D eigenvalue weighted by Crippen LogP contribution is -2.44. The van der Waals surface area contributed by atoms with Crippen molar-refractivity contribution in [3.8, 4) is 0 Å². The van der Waals surface area contributed by atoms with Gasteiger partial charge >= 0.3 is 0 Å². The summed E-state index contributed by atoms with van der Waals surface area (Å²) in [5.41, 5.74) is 0.934. The molecule has 0 saturated carbocycles. The molecule has 0 bridgehead atoms. The zero-order chi connectivity index (χ0) is 15.8. The normalized spacial score (nSPS) is 15.7. The zero-order valence-electron chi connectivity index (χ0n) is 12.7. The maximum absolute atomic E-state index is 12.4. The first kappa shape index (κ1) is 17.2. The van der Waals surface area contributed by atoms with Crippen LogP contribution in [0.4, 0.5) is 0 Å². The SMILES string of the molecule is O=C(Cc1ccc(Cl)cc1)N(CCO)CCN1CCOCC1. The van der Waals surface area contributed by atoms with Crippen LogP contribution in [0.1, 0.15) is 5.56 Å². The molecule has 0 aliphatic carbocycles. The van der Waals surface area contributed by atoms with Gasteiger partial charge in [0.2, 0.25) is 5.91 Å². The molecule has 1 fully saturated rings. The van der Waals surface area contributed by atoms with Crippen LogP contribution >= 0.6 is 11.6 Å². The van der Waals surface area contributed by atoms with Crippen LogP contribution in [-0.2, 0) is 16.0 Å². The number of hydrogen-bond donors (Lipinski definition) is 1. The van der Waals surface area contributed by atoms with E-state index in [0.29, 0.717) is 24.5 Å². The zero-order valence-corrected chi connectivity index (χ0v) is 13.5. The lowest BCUT2D eigenvalue weighted by molar-refractivity contribution is -0.131. The molecule has 1 saturated heterocycles. The quantitative estimate of drug-likeness (QED) is 0.813. The molecule has 6 heteroatoms. The van der Waals surface area contributed by atoms with E-state index >= 15 is 0 Å². The third kappa shape index (κ3) is 5.57. The Balaban J connectivity index is 1.85. The van der Waals surface area contributed by atoms with Crippen LogP contribution in [0.3, 0.4) is 0 Å². The third-order valence-corrected chi connectivity index (χ3v) is 4.03. The van der Waals surface area contributed by atoms with Gasteiger partial charge < -0.3 is 14.7 Å². The van der Waals surface area contributed by atoms with Gasteiger partial charge in [-0.3, -0.25) is 9.69 Å². The van der Waals surface area contributed by atoms with Gasteiger partial charge in [0.15, 0.2) is 0 Å². The van der Waals surface area contributed by atoms with Gasteiger partial charge in [-0.15, -0.1) is 0 Å². The van der Waals surface area contributed by atoms with Crippen LogP contribution in [-0.4, -0.2) is 73.4 Å². The number of ether oxygens (including phenoxy) is 1. The summed E-state index contributed by atoms with van der Waals surface area (Å²) in [5.74, 6) is 0.0321. The second kappa shape index (κ2) is 9.10. The molecule has 1 N–H and O–H groups in total. The Hall–Kier alpha value is -1.14. The number of rotatable bonds is 7. The van der Waals surface area contributed by atoms with Gasteiger partial charge in [0, 0.05) is 37.7 Å². The molecule has 0 unspecified atom stereocenters. The minimum absolute atomic E-state index is 0.0184. The molecular formula is C16H23ClN2O3. The number of halogens is 1. The second-order valence-electron chi connectivity index (χ2n) is 5.36. The van der Waals surface area contributed by atoms with E-state index < -0.39 is 0 Å². The third-order valence-electron chi connectivity index (χ3n) is 3.78. The molecule has 0 atom stereocenters. The Morgan fingerprint density at radius 1 is 1.23 bits per heavy atom. The molecule has 0 spiro atoms. The first-order chi connectivity index (χ1) is 10.7. The second-order valence-corrected chi connectivity index (χ2v) is 5.80. The molecule has 1 aromatic carbocycles. The summed E-state index contributed by atoms with van der Waals surface area (Å²) >= 11 is 5.85. The van der Waals surface area contributed by atoms with E-state index in [0.717, 1.165) is 38.4 Å². The van der Waals surface area contributed by atoms with E-state index in [1.54, 1.807) is 17.0 Å². The molecule has 122 valence electrons. The summed E-state index contributed by atoms with van der Waals surface area (Å²) in [6, 6.07) is 7.29. The van der Waals surface area contributed by atoms with Gasteiger partial charge in [0.05, 0.1) is 26.2 Å². The molecule has 1 aromatic rings. The highest BCUT2D eigenvalue weighted by molar-refractivity contribution is 6.30. The van der Waals surface area contributed by atoms with E-state index in [9.17, 15) is 9.90 Å². The maximum atomic E-state index is 12.4. The van der Waals surface area contributed by atoms with Crippen molar-refractivity contribution in [2.75, 3.05) is 52.5 Å². The van der Waals surface area contributed by atoms with E-state index in [1.165, 1.54) is 0 Å². The molecule has 1 amide bonds. The van der Waals surface area contributed by atoms with Gasteiger partial charge in [0.25, 0.3) is 0 Å². The van der Waals surface area contributed by atoms with Crippen LogP contribution < -0.4 is 0 Å². The van der Waals surface area contributed by atoms with Crippen LogP contribution in [0.25, 0.3) is 0 Å². The van der Waals surface area contributed by atoms with Crippen molar-refractivity contribution in [3.63, 3.8) is 0 Å². The number of aliphatic hydroxyl groups is 1. The van der Waals surface area contributed by atoms with Gasteiger partial charge in [-0.1, -0.05) is 23.7 Å². The van der Waals surface area contributed by atoms with Gasteiger partial charge in [-0.05, 0) is 17.7 Å². The van der Waals surface area contributed by atoms with Crippen molar-refractivity contribution >= 4 is 17.5 Å². The van der Waals surface area contributed by atoms with Gasteiger partial charge in [-0.25, -0.2) is 0 Å². The van der Waals surface area contributed by atoms with Crippen molar-refractivity contribution < 1.29 is 14.6 Å². The molecule has 2 rings (SSSR count). The van der Waals surface area contributed by atoms with E-state index in [1.807, 2.05) is 12.1 Å². The Morgan fingerprint density at radius 2 is 1.91 bits per heavy atom. The first-order valence-electron chi connectivity index (χ1n) is 7.62. The predicted octanol–water partition coefficient (Wildman–Crippen LogP) is 1.04. The van der Waals surface area contributed by atoms with E-state index in [2.05, 4.69) is 4.90 Å². The van der Waals surface area contributed by atoms with Crippen LogP contribution in [0, 0.1) is 0 Å². The number of carbonyl (C=O) groups excluding carboxylic acids is 1. The fraction of sp³-hybridized carbons (Fsp3) is 0.562. The number of benzene rings is 1. The molecule has 1 heterocycles. The van der Waals surface area contributed by atoms with Gasteiger partial charge in [0.1, 0.15) is 0 Å². The lowest BCUT2D eigenvalue weighted by Gasteiger charge is -2.30. The summed E-state index contributed by atoms with van der Waals surface area (Å²) in [6.45, 7) is 5.10. The largest absolute Gasteiger partial charge is 0.395 e. The summed E-state index contributed by atoms with van der Waals surface area (Å²) in [6.07, 6.45) is 0.334. The first-order valence-corrected chi connectivity index (χ1v) is 8.00. The average molecular weight is 327 g/mol. The molecule has 1 aliphatic rings. The topological polar surface area (TPSA) is 53.0 Å². The lowest BCUT2D eigenvalue weighted by atomic mass is 10.1. The number of morpholine rings is 1. The van der Waals surface area contributed by atoms with Crippen LogP contribution in [0.5, 0.6) is 0 Å². The molecular weight excluding hydrogens is 304 g/mol. The molecule has 5 nitrogen and oxygen atoms in total. The van der Waals surface area contributed by atoms with Crippen molar-refractivity contribution in [2.45, 2.75) is 6.42 Å². The molecule has 1 aliphatic heterocycles. The van der Waals surface area contributed by atoms with Crippen LogP contribution in [0.15, 0.2) is 24.3 Å². The van der Waals surface area contributed by atoms with Crippen molar-refractivity contribution in [1.29, 1.82) is 0 Å². The molecule has 22 heavy (non-hydrogen) atoms. The van der Waals surface area contributed by atoms with Gasteiger partial charge in [-0.2, -0.15) is 0 Å². The average Bonchev–Trinajstić information content (AvgIpc) is 2.54. The maximum Gasteiger partial charge on any atom is 0.227 e. The van der Waals surface area contributed by atoms with E-state index in [-0.39, 0.29) is 12.5 Å². The summed E-state index contributed by atoms with van der Waals surface area (Å²) in [4.78, 5) is 16.4. The summed E-state index contributed by atoms with van der Waals surface area (Å²) in [7, 11) is 0. The van der Waals surface area contributed by atoms with Crippen molar-refractivity contribution in [1.82, 2.24) is 9.80 Å². The highest BCUT2D eigenvalue weighted by Gasteiger charge is 2.16. The van der Waals surface area contributed by atoms with Crippen LogP contribution in [0.2, 0.25) is 5.02 Å². The minimum atomic E-state index is -0.0184. The fourth-order valence-electron chi connectivity index (χ4n) is 2.46. The Kier molecular flexibility index (Phi) is 7.12. The highest BCUT2D eigenvalue weighted by atomic mass is 35.5. The number of hydrogen-bond acceptors (Lipinski definition) is 4. The predicted molar refractivity (Wildman–Crippen MR) is 86.1 cm³/mol. The monoisotopic (exact) mass is 326 g/mol. The number of amides is 1. The molecule has 0 radical (unpaired) electrons. The number of nitrogens with zero attached hydrogens (tertiary/aromatic N) is 2. The fourth-order valence-corrected chi connectivity index (χ4v) is 2.58. The standard InChI is InChI=1S/C16H23ClN2O3/c17-15-3-1-14(2-4-15)13-16(21)19(7-10-20)6-5-18-8-11-22-12-9-18/h1-4,20H,5-13H2. The number of aliphatic hydroxyl groups excluding tert-OH is 1. The molecule has 0 aromatic heterocycles. The van der Waals surface area contributed by atoms with Crippen molar-refractivity contribution in [3.05, 3.63) is 34.9 Å². The number of carbonyl (C=O) groups is 1. The Morgan fingerprint density at radius 3 is 2.55 bits per heavy atom. The highest BCUT2D eigenvalue weighted by Crippen LogP contribution is 2.11. The van der Waals surface area contributed by atoms with Crippen molar-refractivity contribution in [2.24, 2.45) is 0 Å². The van der Waals surface area contributed by atoms with E-state index in [4.69, 9.17) is 16.3 Å². The Labute approximate surface area is 136 Å². The Bertz CT molecular complexity index is 461. The smallest absolute Gasteiger partial charge is 0.227 e. The summed E-state index contributed by atoms with van der Waals surface area (Å²) < 4.78 is 5.32. The minimum Gasteiger partial charge on any atom is -0.395 e.